The standard InChI is InChI=1S/C19H23N5O3/c1-11(2)9-16-21-15(23-26-16)10-20-18(25)14-7-5-13(6-8-14)17-22-19(12(3)4)27-24-17/h5-8,11-12H,9-10H2,1-4H3,(H,20,25). The highest BCUT2D eigenvalue weighted by molar-refractivity contribution is 5.94. The van der Waals surface area contributed by atoms with Crippen molar-refractivity contribution < 1.29 is 13.8 Å². The monoisotopic (exact) mass is 369 g/mol. The molecule has 8 heteroatoms. The third kappa shape index (κ3) is 4.78. The molecular weight excluding hydrogens is 346 g/mol. The van der Waals surface area contributed by atoms with E-state index in [-0.39, 0.29) is 18.4 Å². The van der Waals surface area contributed by atoms with Crippen molar-refractivity contribution in [3.05, 3.63) is 47.4 Å². The maximum atomic E-state index is 12.3. The van der Waals surface area contributed by atoms with Crippen molar-refractivity contribution in [3.8, 4) is 11.4 Å². The Hall–Kier alpha value is -3.03. The minimum Gasteiger partial charge on any atom is -0.345 e. The summed E-state index contributed by atoms with van der Waals surface area (Å²) in [6.45, 7) is 8.34. The van der Waals surface area contributed by atoms with E-state index in [1.165, 1.54) is 0 Å². The van der Waals surface area contributed by atoms with Gasteiger partial charge in [0, 0.05) is 23.5 Å². The highest BCUT2D eigenvalue weighted by Gasteiger charge is 2.13. The lowest BCUT2D eigenvalue weighted by Crippen LogP contribution is -2.23. The number of rotatable bonds is 7. The molecule has 0 bridgehead atoms. The van der Waals surface area contributed by atoms with Gasteiger partial charge in [0.05, 0.1) is 6.54 Å². The molecule has 0 aliphatic carbocycles. The summed E-state index contributed by atoms with van der Waals surface area (Å²) in [5, 5.41) is 10.6. The van der Waals surface area contributed by atoms with Crippen molar-refractivity contribution in [2.45, 2.75) is 46.6 Å². The van der Waals surface area contributed by atoms with Crippen molar-refractivity contribution in [1.29, 1.82) is 0 Å². The summed E-state index contributed by atoms with van der Waals surface area (Å²) in [7, 11) is 0. The zero-order valence-electron chi connectivity index (χ0n) is 15.9. The van der Waals surface area contributed by atoms with Gasteiger partial charge in [-0.05, 0) is 18.1 Å². The average molecular weight is 369 g/mol. The highest BCUT2D eigenvalue weighted by atomic mass is 16.5. The summed E-state index contributed by atoms with van der Waals surface area (Å²) in [5.74, 6) is 2.53. The third-order valence-corrected chi connectivity index (χ3v) is 3.84. The van der Waals surface area contributed by atoms with Crippen LogP contribution in [0.25, 0.3) is 11.4 Å². The van der Waals surface area contributed by atoms with Crippen molar-refractivity contribution >= 4 is 5.91 Å². The molecule has 3 aromatic rings. The van der Waals surface area contributed by atoms with Gasteiger partial charge in [-0.25, -0.2) is 0 Å². The molecule has 0 spiro atoms. The van der Waals surface area contributed by atoms with Crippen LogP contribution in [0.1, 0.15) is 61.6 Å². The molecule has 0 aliphatic rings. The van der Waals surface area contributed by atoms with Crippen molar-refractivity contribution in [3.63, 3.8) is 0 Å². The third-order valence-electron chi connectivity index (χ3n) is 3.84. The molecule has 2 heterocycles. The summed E-state index contributed by atoms with van der Waals surface area (Å²) < 4.78 is 10.4. The molecule has 0 atom stereocenters. The Morgan fingerprint density at radius 2 is 1.78 bits per heavy atom. The van der Waals surface area contributed by atoms with Crippen LogP contribution in [-0.4, -0.2) is 26.2 Å². The van der Waals surface area contributed by atoms with E-state index in [1.807, 2.05) is 13.8 Å². The molecule has 27 heavy (non-hydrogen) atoms. The Morgan fingerprint density at radius 1 is 1.04 bits per heavy atom. The van der Waals surface area contributed by atoms with E-state index in [4.69, 9.17) is 9.05 Å². The summed E-state index contributed by atoms with van der Waals surface area (Å²) in [5.41, 5.74) is 1.32. The second-order valence-corrected chi connectivity index (χ2v) is 7.07. The van der Waals surface area contributed by atoms with Crippen LogP contribution >= 0.6 is 0 Å². The number of nitrogens with zero attached hydrogens (tertiary/aromatic N) is 4. The molecule has 0 fully saturated rings. The molecule has 8 nitrogen and oxygen atoms in total. The molecule has 0 saturated heterocycles. The normalized spacial score (nSPS) is 11.3. The minimum absolute atomic E-state index is 0.169. The molecule has 1 amide bonds. The maximum absolute atomic E-state index is 12.3. The number of amides is 1. The van der Waals surface area contributed by atoms with Gasteiger partial charge in [-0.15, -0.1) is 0 Å². The van der Waals surface area contributed by atoms with Crippen LogP contribution in [0.3, 0.4) is 0 Å². The molecule has 0 radical (unpaired) electrons. The fourth-order valence-corrected chi connectivity index (χ4v) is 2.41. The van der Waals surface area contributed by atoms with Gasteiger partial charge in [-0.3, -0.25) is 4.79 Å². The fraction of sp³-hybridized carbons (Fsp3) is 0.421. The summed E-state index contributed by atoms with van der Waals surface area (Å²) in [6, 6.07) is 7.02. The van der Waals surface area contributed by atoms with Gasteiger partial charge in [-0.1, -0.05) is 50.1 Å². The van der Waals surface area contributed by atoms with E-state index in [2.05, 4.69) is 39.4 Å². The van der Waals surface area contributed by atoms with Gasteiger partial charge >= 0.3 is 0 Å². The molecule has 1 aromatic carbocycles. The first-order valence-corrected chi connectivity index (χ1v) is 8.96. The predicted octanol–water partition coefficient (Wildman–Crippen LogP) is 3.37. The summed E-state index contributed by atoms with van der Waals surface area (Å²) in [6.07, 6.45) is 0.719. The van der Waals surface area contributed by atoms with Crippen molar-refractivity contribution in [2.24, 2.45) is 5.92 Å². The smallest absolute Gasteiger partial charge is 0.251 e. The van der Waals surface area contributed by atoms with E-state index in [1.54, 1.807) is 24.3 Å². The second-order valence-electron chi connectivity index (χ2n) is 7.07. The molecule has 142 valence electrons. The molecule has 2 aromatic heterocycles. The van der Waals surface area contributed by atoms with E-state index in [9.17, 15) is 4.79 Å². The van der Waals surface area contributed by atoms with E-state index in [0.29, 0.717) is 34.9 Å². The van der Waals surface area contributed by atoms with Crippen molar-refractivity contribution in [1.82, 2.24) is 25.6 Å². The van der Waals surface area contributed by atoms with E-state index in [0.717, 1.165) is 12.0 Å². The zero-order chi connectivity index (χ0) is 19.4. The Kier molecular flexibility index (Phi) is 5.63. The van der Waals surface area contributed by atoms with Crippen LogP contribution in [0.15, 0.2) is 33.3 Å². The molecule has 0 unspecified atom stereocenters. The number of carbonyl (C=O) groups is 1. The number of hydrogen-bond acceptors (Lipinski definition) is 7. The number of hydrogen-bond donors (Lipinski definition) is 1. The van der Waals surface area contributed by atoms with Gasteiger partial charge in [0.25, 0.3) is 5.91 Å². The lowest BCUT2D eigenvalue weighted by molar-refractivity contribution is 0.0949. The summed E-state index contributed by atoms with van der Waals surface area (Å²) >= 11 is 0. The molecular formula is C19H23N5O3. The van der Waals surface area contributed by atoms with Crippen LogP contribution in [-0.2, 0) is 13.0 Å². The van der Waals surface area contributed by atoms with Gasteiger partial charge in [0.1, 0.15) is 0 Å². The summed E-state index contributed by atoms with van der Waals surface area (Å²) in [4.78, 5) is 20.9. The number of nitrogens with one attached hydrogen (secondary N) is 1. The van der Waals surface area contributed by atoms with E-state index < -0.39 is 0 Å². The zero-order valence-corrected chi connectivity index (χ0v) is 15.9. The van der Waals surface area contributed by atoms with Gasteiger partial charge in [0.15, 0.2) is 5.82 Å². The average Bonchev–Trinajstić information content (AvgIpc) is 3.29. The Labute approximate surface area is 157 Å². The first-order chi connectivity index (χ1) is 12.9. The Morgan fingerprint density at radius 3 is 2.41 bits per heavy atom. The lowest BCUT2D eigenvalue weighted by Gasteiger charge is -2.03. The van der Waals surface area contributed by atoms with Gasteiger partial charge in [0.2, 0.25) is 17.6 Å². The number of aromatic nitrogens is 4. The quantitative estimate of drug-likeness (QED) is 0.680. The van der Waals surface area contributed by atoms with Crippen LogP contribution in [0.5, 0.6) is 0 Å². The van der Waals surface area contributed by atoms with Crippen LogP contribution < -0.4 is 5.32 Å². The van der Waals surface area contributed by atoms with Gasteiger partial charge in [-0.2, -0.15) is 9.97 Å². The molecule has 3 rings (SSSR count). The van der Waals surface area contributed by atoms with Crippen molar-refractivity contribution in [2.75, 3.05) is 0 Å². The second kappa shape index (κ2) is 8.11. The SMILES string of the molecule is CC(C)Cc1nc(CNC(=O)c2ccc(-c3noc(C(C)C)n3)cc2)no1. The molecule has 1 N–H and O–H groups in total. The Bertz CT molecular complexity index is 896. The predicted molar refractivity (Wildman–Crippen MR) is 97.8 cm³/mol. The lowest BCUT2D eigenvalue weighted by atomic mass is 10.1. The van der Waals surface area contributed by atoms with Crippen LogP contribution in [0, 0.1) is 5.92 Å². The first kappa shape index (κ1) is 18.8. The number of carbonyl (C=O) groups excluding carboxylic acids is 1. The molecule has 0 aliphatic heterocycles. The van der Waals surface area contributed by atoms with Gasteiger partial charge < -0.3 is 14.4 Å². The van der Waals surface area contributed by atoms with E-state index >= 15 is 0 Å². The number of benzene rings is 1. The highest BCUT2D eigenvalue weighted by Crippen LogP contribution is 2.19. The first-order valence-electron chi connectivity index (χ1n) is 8.96. The van der Waals surface area contributed by atoms with Crippen LogP contribution in [0.2, 0.25) is 0 Å². The molecule has 0 saturated carbocycles. The Balaban J connectivity index is 1.59. The van der Waals surface area contributed by atoms with Crippen LogP contribution in [0.4, 0.5) is 0 Å². The largest absolute Gasteiger partial charge is 0.345 e. The maximum Gasteiger partial charge on any atom is 0.251 e. The topological polar surface area (TPSA) is 107 Å². The minimum atomic E-state index is -0.215. The fourth-order valence-electron chi connectivity index (χ4n) is 2.41.